The van der Waals surface area contributed by atoms with Gasteiger partial charge in [0.2, 0.25) is 21.8 Å². The number of amides is 2. The van der Waals surface area contributed by atoms with Crippen LogP contribution in [0.4, 0.5) is 5.69 Å². The Balaban J connectivity index is 1.59. The van der Waals surface area contributed by atoms with Gasteiger partial charge in [-0.3, -0.25) is 9.59 Å². The summed E-state index contributed by atoms with van der Waals surface area (Å²) >= 11 is 5.83. The lowest BCUT2D eigenvalue weighted by molar-refractivity contribution is -0.129. The number of carbonyl (C=O) groups is 2. The van der Waals surface area contributed by atoms with Crippen LogP contribution in [0.15, 0.2) is 59.5 Å². The number of nitrogens with one attached hydrogen (secondary N) is 2. The first kappa shape index (κ1) is 22.3. The molecule has 1 aliphatic rings. The van der Waals surface area contributed by atoms with Gasteiger partial charge in [0.05, 0.1) is 10.8 Å². The van der Waals surface area contributed by atoms with Crippen molar-refractivity contribution in [3.8, 4) is 0 Å². The van der Waals surface area contributed by atoms with Gasteiger partial charge in [-0.1, -0.05) is 29.8 Å². The maximum atomic E-state index is 12.8. The highest BCUT2D eigenvalue weighted by atomic mass is 35.5. The molecule has 1 fully saturated rings. The zero-order valence-electron chi connectivity index (χ0n) is 16.5. The highest BCUT2D eigenvalue weighted by Crippen LogP contribution is 2.24. The average molecular weight is 450 g/mol. The van der Waals surface area contributed by atoms with Crippen LogP contribution < -0.4 is 10.6 Å². The number of anilines is 1. The van der Waals surface area contributed by atoms with Gasteiger partial charge < -0.3 is 10.6 Å². The van der Waals surface area contributed by atoms with Crippen molar-refractivity contribution in [1.82, 2.24) is 9.62 Å². The van der Waals surface area contributed by atoms with Gasteiger partial charge in [0.25, 0.3) is 0 Å². The van der Waals surface area contributed by atoms with Crippen molar-refractivity contribution in [3.05, 3.63) is 59.6 Å². The minimum atomic E-state index is -3.65. The Morgan fingerprint density at radius 1 is 1.10 bits per heavy atom. The SMILES string of the molecule is CC(NC(=O)C1CCCN(S(=O)(=O)c2ccccc2)C1)C(=O)Nc1ccc(Cl)cc1. The Bertz CT molecular complexity index is 997. The predicted octanol–water partition coefficient (Wildman–Crippen LogP) is 2.88. The smallest absolute Gasteiger partial charge is 0.246 e. The number of nitrogens with zero attached hydrogens (tertiary/aromatic N) is 1. The Morgan fingerprint density at radius 3 is 2.43 bits per heavy atom. The lowest BCUT2D eigenvalue weighted by Crippen LogP contribution is -2.49. The van der Waals surface area contributed by atoms with Gasteiger partial charge in [-0.15, -0.1) is 0 Å². The lowest BCUT2D eigenvalue weighted by Gasteiger charge is -2.31. The molecule has 0 aromatic heterocycles. The number of hydrogen-bond donors (Lipinski definition) is 2. The number of rotatable bonds is 6. The number of hydrogen-bond acceptors (Lipinski definition) is 4. The second-order valence-corrected chi connectivity index (χ2v) is 9.62. The molecule has 1 aliphatic heterocycles. The summed E-state index contributed by atoms with van der Waals surface area (Å²) in [5.41, 5.74) is 0.572. The Morgan fingerprint density at radius 2 is 1.77 bits per heavy atom. The van der Waals surface area contributed by atoms with Crippen LogP contribution in [0.25, 0.3) is 0 Å². The van der Waals surface area contributed by atoms with Crippen molar-refractivity contribution in [1.29, 1.82) is 0 Å². The molecule has 2 aromatic carbocycles. The quantitative estimate of drug-likeness (QED) is 0.708. The van der Waals surface area contributed by atoms with E-state index >= 15 is 0 Å². The van der Waals surface area contributed by atoms with Crippen LogP contribution in [0, 0.1) is 5.92 Å². The molecule has 0 radical (unpaired) electrons. The average Bonchev–Trinajstić information content (AvgIpc) is 2.76. The first-order valence-electron chi connectivity index (χ1n) is 9.69. The van der Waals surface area contributed by atoms with E-state index in [1.165, 1.54) is 4.31 Å². The second kappa shape index (κ2) is 9.59. The molecular formula is C21H24ClN3O4S. The van der Waals surface area contributed by atoms with E-state index in [4.69, 9.17) is 11.6 Å². The molecule has 9 heteroatoms. The topological polar surface area (TPSA) is 95.6 Å². The predicted molar refractivity (Wildman–Crippen MR) is 116 cm³/mol. The number of halogens is 1. The summed E-state index contributed by atoms with van der Waals surface area (Å²) < 4.78 is 27.0. The van der Waals surface area contributed by atoms with Gasteiger partial charge in [-0.25, -0.2) is 8.42 Å². The van der Waals surface area contributed by atoms with Crippen LogP contribution in [-0.2, 0) is 19.6 Å². The van der Waals surface area contributed by atoms with Crippen molar-refractivity contribution < 1.29 is 18.0 Å². The maximum absolute atomic E-state index is 12.8. The van der Waals surface area contributed by atoms with Gasteiger partial charge in [-0.05, 0) is 56.2 Å². The van der Waals surface area contributed by atoms with Gasteiger partial charge >= 0.3 is 0 Å². The molecule has 1 heterocycles. The summed E-state index contributed by atoms with van der Waals surface area (Å²) in [6.07, 6.45) is 1.15. The summed E-state index contributed by atoms with van der Waals surface area (Å²) in [4.78, 5) is 25.3. The van der Waals surface area contributed by atoms with Crippen LogP contribution in [-0.4, -0.2) is 43.7 Å². The van der Waals surface area contributed by atoms with Crippen LogP contribution in [0.1, 0.15) is 19.8 Å². The molecular weight excluding hydrogens is 426 g/mol. The monoisotopic (exact) mass is 449 g/mol. The third kappa shape index (κ3) is 5.38. The van der Waals surface area contributed by atoms with E-state index in [1.54, 1.807) is 61.5 Å². The second-order valence-electron chi connectivity index (χ2n) is 7.24. The van der Waals surface area contributed by atoms with Crippen LogP contribution in [0.5, 0.6) is 0 Å². The standard InChI is InChI=1S/C21H24ClN3O4S/c1-15(20(26)24-18-11-9-17(22)10-12-18)23-21(27)16-6-5-13-25(14-16)30(28,29)19-7-3-2-4-8-19/h2-4,7-12,15-16H,5-6,13-14H2,1H3,(H,23,27)(H,24,26). The Labute approximate surface area is 181 Å². The number of benzene rings is 2. The molecule has 0 spiro atoms. The molecule has 3 rings (SSSR count). The summed E-state index contributed by atoms with van der Waals surface area (Å²) in [6, 6.07) is 14.1. The van der Waals surface area contributed by atoms with E-state index in [0.717, 1.165) is 0 Å². The van der Waals surface area contributed by atoms with E-state index in [2.05, 4.69) is 10.6 Å². The molecule has 1 saturated heterocycles. The molecule has 2 aromatic rings. The zero-order chi connectivity index (χ0) is 21.7. The first-order valence-corrected chi connectivity index (χ1v) is 11.5. The molecule has 0 aliphatic carbocycles. The Hall–Kier alpha value is -2.42. The fourth-order valence-electron chi connectivity index (χ4n) is 3.30. The summed E-state index contributed by atoms with van der Waals surface area (Å²) in [7, 11) is -3.65. The minimum Gasteiger partial charge on any atom is -0.344 e. The summed E-state index contributed by atoms with van der Waals surface area (Å²) in [5, 5.41) is 5.96. The fraction of sp³-hybridized carbons (Fsp3) is 0.333. The number of sulfonamides is 1. The molecule has 2 unspecified atom stereocenters. The van der Waals surface area contributed by atoms with E-state index in [-0.39, 0.29) is 23.3 Å². The van der Waals surface area contributed by atoms with E-state index in [9.17, 15) is 18.0 Å². The normalized spacial score (nSPS) is 18.4. The highest BCUT2D eigenvalue weighted by Gasteiger charge is 2.34. The van der Waals surface area contributed by atoms with E-state index in [1.807, 2.05) is 0 Å². The molecule has 2 N–H and O–H groups in total. The highest BCUT2D eigenvalue weighted by molar-refractivity contribution is 7.89. The molecule has 160 valence electrons. The van der Waals surface area contributed by atoms with Gasteiger partial charge in [0.1, 0.15) is 6.04 Å². The maximum Gasteiger partial charge on any atom is 0.246 e. The van der Waals surface area contributed by atoms with Gasteiger partial charge in [0, 0.05) is 23.8 Å². The molecule has 2 atom stereocenters. The summed E-state index contributed by atoms with van der Waals surface area (Å²) in [5.74, 6) is -1.21. The largest absolute Gasteiger partial charge is 0.344 e. The van der Waals surface area contributed by atoms with Crippen LogP contribution >= 0.6 is 11.6 Å². The summed E-state index contributed by atoms with van der Waals surface area (Å²) in [6.45, 7) is 2.05. The van der Waals surface area contributed by atoms with E-state index in [0.29, 0.717) is 30.1 Å². The van der Waals surface area contributed by atoms with Gasteiger partial charge in [-0.2, -0.15) is 4.31 Å². The zero-order valence-corrected chi connectivity index (χ0v) is 18.1. The lowest BCUT2D eigenvalue weighted by atomic mass is 9.98. The van der Waals surface area contributed by atoms with Crippen molar-refractivity contribution in [2.45, 2.75) is 30.7 Å². The molecule has 7 nitrogen and oxygen atoms in total. The van der Waals surface area contributed by atoms with Gasteiger partial charge in [0.15, 0.2) is 0 Å². The van der Waals surface area contributed by atoms with Crippen LogP contribution in [0.3, 0.4) is 0 Å². The fourth-order valence-corrected chi connectivity index (χ4v) is 4.97. The van der Waals surface area contributed by atoms with E-state index < -0.39 is 22.0 Å². The third-order valence-corrected chi connectivity index (χ3v) is 7.13. The Kier molecular flexibility index (Phi) is 7.12. The van der Waals surface area contributed by atoms with Crippen LogP contribution in [0.2, 0.25) is 5.02 Å². The van der Waals surface area contributed by atoms with Crippen molar-refractivity contribution in [2.75, 3.05) is 18.4 Å². The number of carbonyl (C=O) groups excluding carboxylic acids is 2. The first-order chi connectivity index (χ1) is 14.3. The van der Waals surface area contributed by atoms with Crippen molar-refractivity contribution in [3.63, 3.8) is 0 Å². The van der Waals surface area contributed by atoms with Crippen molar-refractivity contribution in [2.24, 2.45) is 5.92 Å². The van der Waals surface area contributed by atoms with Crippen molar-refractivity contribution >= 4 is 39.1 Å². The minimum absolute atomic E-state index is 0.0918. The molecule has 30 heavy (non-hydrogen) atoms. The molecule has 2 amide bonds. The molecule has 0 saturated carbocycles. The molecule has 0 bridgehead atoms. The number of piperidine rings is 1. The third-order valence-electron chi connectivity index (χ3n) is 5.00.